The first-order valence-corrected chi connectivity index (χ1v) is 6.57. The molecule has 3 heteroatoms. The van der Waals surface area contributed by atoms with Crippen LogP contribution in [0.4, 0.5) is 0 Å². The number of rotatable bonds is 5. The van der Waals surface area contributed by atoms with Crippen molar-refractivity contribution in [1.29, 1.82) is 0 Å². The maximum atomic E-state index is 5.43. The van der Waals surface area contributed by atoms with E-state index >= 15 is 0 Å². The largest absolute Gasteiger partial charge is 0.496 e. The molecule has 1 aliphatic carbocycles. The second kappa shape index (κ2) is 5.72. The van der Waals surface area contributed by atoms with Crippen LogP contribution in [0, 0.1) is 6.92 Å². The van der Waals surface area contributed by atoms with E-state index < -0.39 is 0 Å². The third-order valence-corrected chi connectivity index (χ3v) is 3.77. The Balaban J connectivity index is 2.00. The fourth-order valence-corrected chi connectivity index (χ4v) is 2.53. The van der Waals surface area contributed by atoms with Crippen LogP contribution in [-0.4, -0.2) is 26.4 Å². The van der Waals surface area contributed by atoms with E-state index in [2.05, 4.69) is 31.3 Å². The zero-order valence-electron chi connectivity index (χ0n) is 11.7. The molecule has 1 aromatic rings. The Morgan fingerprint density at radius 2 is 2.00 bits per heavy atom. The van der Waals surface area contributed by atoms with Crippen molar-refractivity contribution in [2.24, 2.45) is 0 Å². The average Bonchev–Trinajstić information content (AvgIpc) is 2.32. The van der Waals surface area contributed by atoms with Crippen LogP contribution >= 0.6 is 0 Å². The number of benzene rings is 1. The summed E-state index contributed by atoms with van der Waals surface area (Å²) in [5.74, 6) is 0.961. The molecule has 18 heavy (non-hydrogen) atoms. The molecule has 0 aromatic heterocycles. The summed E-state index contributed by atoms with van der Waals surface area (Å²) in [6.45, 7) is 4.30. The lowest BCUT2D eigenvalue weighted by molar-refractivity contribution is 0.0146. The molecule has 1 aromatic carbocycles. The van der Waals surface area contributed by atoms with E-state index in [1.165, 1.54) is 11.1 Å². The van der Waals surface area contributed by atoms with Gasteiger partial charge in [0.15, 0.2) is 0 Å². The Kier molecular flexibility index (Phi) is 4.25. The lowest BCUT2D eigenvalue weighted by Crippen LogP contribution is -2.45. The van der Waals surface area contributed by atoms with Crippen LogP contribution in [0.2, 0.25) is 0 Å². The summed E-state index contributed by atoms with van der Waals surface area (Å²) in [6.07, 6.45) is 2.65. The molecule has 1 N–H and O–H groups in total. The van der Waals surface area contributed by atoms with Crippen molar-refractivity contribution in [3.8, 4) is 5.75 Å². The molecular formula is C15H23NO2. The molecule has 0 radical (unpaired) electrons. The third-order valence-electron chi connectivity index (χ3n) is 3.77. The maximum absolute atomic E-state index is 5.43. The molecular weight excluding hydrogens is 226 g/mol. The second-order valence-corrected chi connectivity index (χ2v) is 5.16. The number of hydrogen-bond donors (Lipinski definition) is 1. The van der Waals surface area contributed by atoms with E-state index in [4.69, 9.17) is 9.47 Å². The van der Waals surface area contributed by atoms with Crippen LogP contribution in [0.1, 0.15) is 36.9 Å². The molecule has 1 atom stereocenters. The molecule has 1 saturated carbocycles. The minimum Gasteiger partial charge on any atom is -0.496 e. The fourth-order valence-electron chi connectivity index (χ4n) is 2.53. The van der Waals surface area contributed by atoms with Crippen molar-refractivity contribution >= 4 is 0 Å². The van der Waals surface area contributed by atoms with E-state index in [1.807, 2.05) is 6.07 Å². The van der Waals surface area contributed by atoms with Gasteiger partial charge in [-0.25, -0.2) is 0 Å². The molecule has 0 amide bonds. The van der Waals surface area contributed by atoms with Gasteiger partial charge in [0.2, 0.25) is 0 Å². The predicted molar refractivity (Wildman–Crippen MR) is 73.1 cm³/mol. The van der Waals surface area contributed by atoms with Crippen molar-refractivity contribution in [2.45, 2.75) is 44.9 Å². The van der Waals surface area contributed by atoms with Gasteiger partial charge in [-0.15, -0.1) is 0 Å². The highest BCUT2D eigenvalue weighted by Crippen LogP contribution is 2.30. The first-order chi connectivity index (χ1) is 8.63. The van der Waals surface area contributed by atoms with Crippen molar-refractivity contribution < 1.29 is 9.47 Å². The van der Waals surface area contributed by atoms with Crippen LogP contribution in [0.5, 0.6) is 5.75 Å². The van der Waals surface area contributed by atoms with Crippen molar-refractivity contribution in [2.75, 3.05) is 14.2 Å². The highest BCUT2D eigenvalue weighted by Gasteiger charge is 2.30. The smallest absolute Gasteiger partial charge is 0.123 e. The Hall–Kier alpha value is -1.06. The zero-order chi connectivity index (χ0) is 13.1. The first kappa shape index (κ1) is 13.4. The molecule has 1 fully saturated rings. The monoisotopic (exact) mass is 249 g/mol. The van der Waals surface area contributed by atoms with Crippen LogP contribution in [0.15, 0.2) is 18.2 Å². The summed E-state index contributed by atoms with van der Waals surface area (Å²) < 4.78 is 10.7. The van der Waals surface area contributed by atoms with Gasteiger partial charge in [-0.1, -0.05) is 17.7 Å². The van der Waals surface area contributed by atoms with Gasteiger partial charge in [0.05, 0.1) is 13.2 Å². The number of hydrogen-bond acceptors (Lipinski definition) is 3. The van der Waals surface area contributed by atoms with Gasteiger partial charge in [0.25, 0.3) is 0 Å². The first-order valence-electron chi connectivity index (χ1n) is 6.57. The van der Waals surface area contributed by atoms with Gasteiger partial charge in [-0.3, -0.25) is 0 Å². The van der Waals surface area contributed by atoms with Crippen LogP contribution in [0.3, 0.4) is 0 Å². The third kappa shape index (κ3) is 2.85. The summed E-state index contributed by atoms with van der Waals surface area (Å²) >= 11 is 0. The van der Waals surface area contributed by atoms with E-state index in [1.54, 1.807) is 14.2 Å². The fraction of sp³-hybridized carbons (Fsp3) is 0.600. The van der Waals surface area contributed by atoms with Gasteiger partial charge < -0.3 is 14.8 Å². The SMILES string of the molecule is COc1ccc(C)cc1C(C)NC1CC(OC)C1. The number of ether oxygens (including phenoxy) is 2. The molecule has 0 saturated heterocycles. The molecule has 0 spiro atoms. The Morgan fingerprint density at radius 1 is 1.28 bits per heavy atom. The Labute approximate surface area is 109 Å². The lowest BCUT2D eigenvalue weighted by Gasteiger charge is -2.37. The van der Waals surface area contributed by atoms with E-state index in [0.717, 1.165) is 18.6 Å². The van der Waals surface area contributed by atoms with Crippen molar-refractivity contribution in [3.63, 3.8) is 0 Å². The molecule has 0 aliphatic heterocycles. The topological polar surface area (TPSA) is 30.5 Å². The molecule has 100 valence electrons. The zero-order valence-corrected chi connectivity index (χ0v) is 11.7. The normalized spacial score (nSPS) is 24.4. The standard InChI is InChI=1S/C15H23NO2/c1-10-5-6-15(18-4)14(7-10)11(2)16-12-8-13(9-12)17-3/h5-7,11-13,16H,8-9H2,1-4H3. The second-order valence-electron chi connectivity index (χ2n) is 5.16. The summed E-state index contributed by atoms with van der Waals surface area (Å²) in [6, 6.07) is 7.20. The average molecular weight is 249 g/mol. The Morgan fingerprint density at radius 3 is 2.61 bits per heavy atom. The van der Waals surface area contributed by atoms with Crippen LogP contribution in [-0.2, 0) is 4.74 Å². The summed E-state index contributed by atoms with van der Waals surface area (Å²) in [4.78, 5) is 0. The van der Waals surface area contributed by atoms with E-state index in [-0.39, 0.29) is 0 Å². The summed E-state index contributed by atoms with van der Waals surface area (Å²) in [5.41, 5.74) is 2.50. The quantitative estimate of drug-likeness (QED) is 0.870. The van der Waals surface area contributed by atoms with Crippen molar-refractivity contribution in [1.82, 2.24) is 5.32 Å². The van der Waals surface area contributed by atoms with E-state index in [0.29, 0.717) is 18.2 Å². The number of aryl methyl sites for hydroxylation is 1. The van der Waals surface area contributed by atoms with Gasteiger partial charge in [0, 0.05) is 24.8 Å². The molecule has 1 unspecified atom stereocenters. The minimum atomic E-state index is 0.308. The highest BCUT2D eigenvalue weighted by atomic mass is 16.5. The molecule has 0 bridgehead atoms. The summed E-state index contributed by atoms with van der Waals surface area (Å²) in [5, 5.41) is 3.64. The minimum absolute atomic E-state index is 0.308. The molecule has 1 aliphatic rings. The molecule has 0 heterocycles. The predicted octanol–water partition coefficient (Wildman–Crippen LogP) is 2.83. The Bertz CT molecular complexity index is 399. The number of methoxy groups -OCH3 is 2. The number of nitrogens with one attached hydrogen (secondary N) is 1. The van der Waals surface area contributed by atoms with Gasteiger partial charge in [0.1, 0.15) is 5.75 Å². The lowest BCUT2D eigenvalue weighted by atomic mass is 9.88. The highest BCUT2D eigenvalue weighted by molar-refractivity contribution is 5.39. The molecule has 2 rings (SSSR count). The van der Waals surface area contributed by atoms with Crippen LogP contribution in [0.25, 0.3) is 0 Å². The van der Waals surface area contributed by atoms with Crippen molar-refractivity contribution in [3.05, 3.63) is 29.3 Å². The van der Waals surface area contributed by atoms with Gasteiger partial charge >= 0.3 is 0 Å². The summed E-state index contributed by atoms with van der Waals surface area (Å²) in [7, 11) is 3.51. The van der Waals surface area contributed by atoms with Crippen LogP contribution < -0.4 is 10.1 Å². The molecule has 3 nitrogen and oxygen atoms in total. The van der Waals surface area contributed by atoms with Gasteiger partial charge in [-0.05, 0) is 32.8 Å². The maximum Gasteiger partial charge on any atom is 0.123 e. The van der Waals surface area contributed by atoms with Gasteiger partial charge in [-0.2, -0.15) is 0 Å². The van der Waals surface area contributed by atoms with E-state index in [9.17, 15) is 0 Å².